The maximum absolute atomic E-state index is 12.9. The molecule has 0 aromatic rings. The number of likely N-dealkylation sites (tertiary alicyclic amines) is 1. The van der Waals surface area contributed by atoms with E-state index in [-0.39, 0.29) is 13.0 Å². The van der Waals surface area contributed by atoms with Gasteiger partial charge in [0.15, 0.2) is 0 Å². The van der Waals surface area contributed by atoms with Crippen molar-refractivity contribution in [2.75, 3.05) is 12.8 Å². The van der Waals surface area contributed by atoms with Crippen LogP contribution >= 0.6 is 0 Å². The van der Waals surface area contributed by atoms with Crippen LogP contribution in [0.2, 0.25) is 0 Å². The van der Waals surface area contributed by atoms with E-state index in [1.165, 1.54) is 0 Å². The number of imide groups is 1. The Bertz CT molecular complexity index is 600. The van der Waals surface area contributed by atoms with Crippen LogP contribution in [0.1, 0.15) is 54.9 Å². The fraction of sp³-hybridized carbons (Fsp3) is 0.875. The van der Waals surface area contributed by atoms with Gasteiger partial charge in [0.05, 0.1) is 6.26 Å². The molecule has 0 aromatic heterocycles. The van der Waals surface area contributed by atoms with Crippen LogP contribution in [0, 0.1) is 0 Å². The largest absolute Gasteiger partial charge is 0.527 e. The fourth-order valence-electron chi connectivity index (χ4n) is 2.72. The summed E-state index contributed by atoms with van der Waals surface area (Å²) < 4.78 is 38.0. The van der Waals surface area contributed by atoms with Gasteiger partial charge in [0.1, 0.15) is 29.9 Å². The highest BCUT2D eigenvalue weighted by Gasteiger charge is 2.61. The SMILES string of the molecule is CC1C[C@@H](OS(C)(=O)=O)C[N+]1(C(=O)OC(C)(C)C)C(=O)OC(C)(C)C. The van der Waals surface area contributed by atoms with Crippen LogP contribution in [0.5, 0.6) is 0 Å². The molecule has 0 aromatic carbocycles. The molecule has 0 radical (unpaired) electrons. The minimum absolute atomic E-state index is 0.155. The molecule has 8 nitrogen and oxygen atoms in total. The molecule has 0 saturated carbocycles. The van der Waals surface area contributed by atoms with E-state index in [2.05, 4.69) is 0 Å². The van der Waals surface area contributed by atoms with E-state index in [0.717, 1.165) is 6.26 Å². The Labute approximate surface area is 150 Å². The first-order chi connectivity index (χ1) is 11.0. The Morgan fingerprint density at radius 1 is 0.960 bits per heavy atom. The number of carbonyl (C=O) groups is 2. The van der Waals surface area contributed by atoms with E-state index >= 15 is 0 Å². The molecule has 1 fully saturated rings. The molecule has 25 heavy (non-hydrogen) atoms. The molecule has 1 unspecified atom stereocenters. The molecular weight excluding hydrogens is 350 g/mol. The highest BCUT2D eigenvalue weighted by Crippen LogP contribution is 2.34. The van der Waals surface area contributed by atoms with Gasteiger partial charge in [-0.05, 0) is 48.5 Å². The lowest BCUT2D eigenvalue weighted by atomic mass is 10.2. The van der Waals surface area contributed by atoms with Gasteiger partial charge in [-0.3, -0.25) is 4.18 Å². The van der Waals surface area contributed by atoms with Crippen molar-refractivity contribution in [3.8, 4) is 0 Å². The number of nitrogens with zero attached hydrogens (tertiary/aromatic N) is 1. The minimum Gasteiger partial charge on any atom is -0.414 e. The van der Waals surface area contributed by atoms with E-state index in [1.54, 1.807) is 48.5 Å². The van der Waals surface area contributed by atoms with Crippen molar-refractivity contribution in [1.82, 2.24) is 0 Å². The summed E-state index contributed by atoms with van der Waals surface area (Å²) in [5, 5.41) is 0. The molecular formula is C16H30NO7S+. The number of amides is 2. The van der Waals surface area contributed by atoms with E-state index < -0.39 is 50.1 Å². The molecule has 1 rings (SSSR count). The zero-order valence-electron chi connectivity index (χ0n) is 16.3. The first-order valence-electron chi connectivity index (χ1n) is 8.19. The Balaban J connectivity index is 3.24. The molecule has 146 valence electrons. The zero-order valence-corrected chi connectivity index (χ0v) is 17.1. The Morgan fingerprint density at radius 2 is 1.36 bits per heavy atom. The molecule has 0 N–H and O–H groups in total. The molecule has 1 aliphatic heterocycles. The minimum atomic E-state index is -3.72. The normalized spacial score (nSPS) is 24.0. The molecule has 1 aliphatic rings. The molecule has 9 heteroatoms. The van der Waals surface area contributed by atoms with Crippen LogP contribution in [-0.4, -0.2) is 61.2 Å². The van der Waals surface area contributed by atoms with Gasteiger partial charge in [-0.2, -0.15) is 18.0 Å². The van der Waals surface area contributed by atoms with E-state index in [9.17, 15) is 18.0 Å². The van der Waals surface area contributed by atoms with E-state index in [1.807, 2.05) is 0 Å². The Kier molecular flexibility index (Phi) is 5.98. The van der Waals surface area contributed by atoms with Crippen molar-refractivity contribution in [2.24, 2.45) is 0 Å². The van der Waals surface area contributed by atoms with Crippen LogP contribution < -0.4 is 0 Å². The topological polar surface area (TPSA) is 96.0 Å². The molecule has 0 bridgehead atoms. The molecule has 0 aliphatic carbocycles. The summed E-state index contributed by atoms with van der Waals surface area (Å²) in [6, 6.07) is -0.545. The first kappa shape index (κ1) is 21.9. The maximum Gasteiger partial charge on any atom is 0.527 e. The van der Waals surface area contributed by atoms with Crippen LogP contribution in [0.15, 0.2) is 0 Å². The number of carbonyl (C=O) groups excluding carboxylic acids is 2. The summed E-state index contributed by atoms with van der Waals surface area (Å²) in [5.41, 5.74) is -1.61. The third-order valence-corrected chi connectivity index (χ3v) is 4.22. The lowest BCUT2D eigenvalue weighted by molar-refractivity contribution is -0.799. The quantitative estimate of drug-likeness (QED) is 0.537. The third-order valence-electron chi connectivity index (χ3n) is 3.60. The third kappa shape index (κ3) is 5.93. The highest BCUT2D eigenvalue weighted by atomic mass is 32.2. The lowest BCUT2D eigenvalue weighted by Crippen LogP contribution is -2.62. The summed E-state index contributed by atoms with van der Waals surface area (Å²) in [6.45, 7) is 11.7. The number of ether oxygens (including phenoxy) is 2. The van der Waals surface area contributed by atoms with Gasteiger partial charge in [0, 0.05) is 6.42 Å². The fourth-order valence-corrected chi connectivity index (χ4v) is 3.36. The van der Waals surface area contributed by atoms with Crippen molar-refractivity contribution >= 4 is 22.3 Å². The van der Waals surface area contributed by atoms with E-state index in [4.69, 9.17) is 13.7 Å². The average Bonchev–Trinajstić information content (AvgIpc) is 2.59. The molecule has 2 amide bonds. The molecule has 1 heterocycles. The van der Waals surface area contributed by atoms with E-state index in [0.29, 0.717) is 0 Å². The van der Waals surface area contributed by atoms with Crippen LogP contribution in [0.3, 0.4) is 0 Å². The monoisotopic (exact) mass is 380 g/mol. The second-order valence-corrected chi connectivity index (χ2v) is 10.1. The van der Waals surface area contributed by atoms with Crippen LogP contribution in [-0.2, 0) is 23.8 Å². The van der Waals surface area contributed by atoms with Gasteiger partial charge < -0.3 is 9.47 Å². The second kappa shape index (κ2) is 6.85. The number of hydrogen-bond acceptors (Lipinski definition) is 7. The van der Waals surface area contributed by atoms with Gasteiger partial charge >= 0.3 is 12.2 Å². The van der Waals surface area contributed by atoms with Gasteiger partial charge in [-0.15, -0.1) is 4.48 Å². The Morgan fingerprint density at radius 3 is 1.68 bits per heavy atom. The molecule has 0 spiro atoms. The smallest absolute Gasteiger partial charge is 0.414 e. The first-order valence-corrected chi connectivity index (χ1v) is 10.0. The summed E-state index contributed by atoms with van der Waals surface area (Å²) in [4.78, 5) is 25.8. The summed E-state index contributed by atoms with van der Waals surface area (Å²) in [7, 11) is -3.72. The predicted molar refractivity (Wildman–Crippen MR) is 91.4 cm³/mol. The maximum atomic E-state index is 12.9. The number of hydrogen-bond donors (Lipinski definition) is 0. The predicted octanol–water partition coefficient (Wildman–Crippen LogP) is 2.81. The number of quaternary nitrogens is 1. The standard InChI is InChI=1S/C16H30NO7S/c1-11-9-12(24-25(8,20)21)10-17(11,13(18)22-15(2,3)4)14(19)23-16(5,6)7/h11-12H,9-10H2,1-8H3/q+1/t11?,12-/m1/s1. The zero-order chi connectivity index (χ0) is 19.8. The summed E-state index contributed by atoms with van der Waals surface area (Å²) in [6.07, 6.45) is -1.19. The van der Waals surface area contributed by atoms with Crippen molar-refractivity contribution in [2.45, 2.75) is 78.2 Å². The van der Waals surface area contributed by atoms with Gasteiger partial charge in [0.2, 0.25) is 0 Å². The average molecular weight is 380 g/mol. The second-order valence-electron chi connectivity index (χ2n) is 8.52. The van der Waals surface area contributed by atoms with Crippen LogP contribution in [0.25, 0.3) is 0 Å². The van der Waals surface area contributed by atoms with Gasteiger partial charge in [-0.1, -0.05) is 0 Å². The summed E-state index contributed by atoms with van der Waals surface area (Å²) >= 11 is 0. The van der Waals surface area contributed by atoms with Gasteiger partial charge in [-0.25, -0.2) is 0 Å². The Hall–Kier alpha value is -1.19. The molecule has 1 saturated heterocycles. The molecule has 2 atom stereocenters. The highest BCUT2D eigenvalue weighted by molar-refractivity contribution is 7.86. The lowest BCUT2D eigenvalue weighted by Gasteiger charge is -2.34. The van der Waals surface area contributed by atoms with Crippen LogP contribution in [0.4, 0.5) is 9.59 Å². The summed E-state index contributed by atoms with van der Waals surface area (Å²) in [5.74, 6) is 0. The van der Waals surface area contributed by atoms with Gasteiger partial charge in [0.25, 0.3) is 10.1 Å². The van der Waals surface area contributed by atoms with Crippen molar-refractivity contribution in [3.05, 3.63) is 0 Å². The van der Waals surface area contributed by atoms with Crippen molar-refractivity contribution in [3.63, 3.8) is 0 Å². The van der Waals surface area contributed by atoms with Crippen molar-refractivity contribution in [1.29, 1.82) is 0 Å². The van der Waals surface area contributed by atoms with Crippen molar-refractivity contribution < 1.29 is 36.1 Å². The number of rotatable bonds is 2.